The second-order valence-corrected chi connectivity index (χ2v) is 6.79. The molecule has 0 bridgehead atoms. The zero-order valence-corrected chi connectivity index (χ0v) is 13.3. The van der Waals surface area contributed by atoms with E-state index in [1.165, 1.54) is 15.5 Å². The summed E-state index contributed by atoms with van der Waals surface area (Å²) < 4.78 is 4.32. The Kier molecular flexibility index (Phi) is 3.12. The molecule has 7 nitrogen and oxygen atoms in total. The smallest absolute Gasteiger partial charge is 0.328 e. The van der Waals surface area contributed by atoms with Gasteiger partial charge in [-0.25, -0.2) is 9.78 Å². The molecule has 0 aromatic carbocycles. The average Bonchev–Trinajstić information content (AvgIpc) is 2.80. The highest BCUT2D eigenvalue weighted by Gasteiger charge is 2.43. The maximum absolute atomic E-state index is 12.6. The van der Waals surface area contributed by atoms with Gasteiger partial charge in [0.2, 0.25) is 0 Å². The molecule has 1 aliphatic carbocycles. The van der Waals surface area contributed by atoms with Crippen LogP contribution < -0.4 is 11.2 Å². The van der Waals surface area contributed by atoms with Crippen LogP contribution in [0.2, 0.25) is 0 Å². The summed E-state index contributed by atoms with van der Waals surface area (Å²) >= 11 is 0. The predicted octanol–water partition coefficient (Wildman–Crippen LogP) is 0.439. The van der Waals surface area contributed by atoms with Gasteiger partial charge in [0.15, 0.2) is 11.2 Å². The van der Waals surface area contributed by atoms with E-state index in [1.54, 1.807) is 25.6 Å². The van der Waals surface area contributed by atoms with Crippen molar-refractivity contribution >= 4 is 16.9 Å². The van der Waals surface area contributed by atoms with Gasteiger partial charge in [0, 0.05) is 26.6 Å². The van der Waals surface area contributed by atoms with E-state index in [1.807, 2.05) is 6.92 Å². The third kappa shape index (κ3) is 2.03. The predicted molar refractivity (Wildman–Crippen MR) is 81.7 cm³/mol. The van der Waals surface area contributed by atoms with Crippen LogP contribution in [0.5, 0.6) is 0 Å². The SMILES string of the molecule is CC(=O)C1CC(C)(Cn2c(=O)c3c(ncn3C)n(C)c2=O)C1. The van der Waals surface area contributed by atoms with Crippen LogP contribution in [0.15, 0.2) is 15.9 Å². The van der Waals surface area contributed by atoms with E-state index >= 15 is 0 Å². The molecule has 0 N–H and O–H groups in total. The number of hydrogen-bond acceptors (Lipinski definition) is 4. The summed E-state index contributed by atoms with van der Waals surface area (Å²) in [5, 5.41) is 0. The normalized spacial score (nSPS) is 24.5. The maximum atomic E-state index is 12.6. The minimum Gasteiger partial charge on any atom is -0.328 e. The lowest BCUT2D eigenvalue weighted by molar-refractivity contribution is -0.128. The molecule has 1 saturated carbocycles. The number of aryl methyl sites for hydroxylation is 2. The molecule has 0 saturated heterocycles. The van der Waals surface area contributed by atoms with Crippen molar-refractivity contribution in [2.75, 3.05) is 0 Å². The summed E-state index contributed by atoms with van der Waals surface area (Å²) in [6, 6.07) is 0. The maximum Gasteiger partial charge on any atom is 0.332 e. The van der Waals surface area contributed by atoms with E-state index in [-0.39, 0.29) is 28.4 Å². The number of ketones is 1. The Morgan fingerprint density at radius 3 is 2.59 bits per heavy atom. The van der Waals surface area contributed by atoms with Crippen molar-refractivity contribution in [3.63, 3.8) is 0 Å². The van der Waals surface area contributed by atoms with E-state index in [2.05, 4.69) is 4.98 Å². The molecule has 0 radical (unpaired) electrons. The van der Waals surface area contributed by atoms with Crippen molar-refractivity contribution in [1.29, 1.82) is 0 Å². The lowest BCUT2D eigenvalue weighted by Crippen LogP contribution is -2.48. The molecular weight excluding hydrogens is 284 g/mol. The van der Waals surface area contributed by atoms with E-state index in [0.717, 1.165) is 12.8 Å². The average molecular weight is 304 g/mol. The number of rotatable bonds is 3. The molecule has 2 aromatic rings. The van der Waals surface area contributed by atoms with E-state index in [0.29, 0.717) is 17.7 Å². The summed E-state index contributed by atoms with van der Waals surface area (Å²) in [7, 11) is 3.36. The summed E-state index contributed by atoms with van der Waals surface area (Å²) in [4.78, 5) is 40.6. The quantitative estimate of drug-likeness (QED) is 0.824. The highest BCUT2D eigenvalue weighted by Crippen LogP contribution is 2.46. The number of nitrogens with zero attached hydrogens (tertiary/aromatic N) is 4. The number of aromatic nitrogens is 4. The van der Waals surface area contributed by atoms with Gasteiger partial charge in [-0.2, -0.15) is 0 Å². The summed E-state index contributed by atoms with van der Waals surface area (Å²) in [5.74, 6) is 0.241. The van der Waals surface area contributed by atoms with Gasteiger partial charge in [-0.15, -0.1) is 0 Å². The Hall–Kier alpha value is -2.18. The van der Waals surface area contributed by atoms with Crippen molar-refractivity contribution < 1.29 is 4.79 Å². The standard InChI is InChI=1S/C15H20N4O3/c1-9(20)10-5-15(2,6-10)7-19-13(21)11-12(16-8-17(11)3)18(4)14(19)22/h8,10H,5-7H2,1-4H3. The lowest BCUT2D eigenvalue weighted by atomic mass is 9.62. The van der Waals surface area contributed by atoms with E-state index in [4.69, 9.17) is 0 Å². The Morgan fingerprint density at radius 1 is 1.36 bits per heavy atom. The molecule has 2 heterocycles. The highest BCUT2D eigenvalue weighted by atomic mass is 16.2. The minimum absolute atomic E-state index is 0.0602. The third-order valence-corrected chi connectivity index (χ3v) is 4.79. The molecule has 7 heteroatoms. The van der Waals surface area contributed by atoms with Crippen LogP contribution in [0.3, 0.4) is 0 Å². The molecule has 0 atom stereocenters. The van der Waals surface area contributed by atoms with Crippen molar-refractivity contribution in [3.05, 3.63) is 27.2 Å². The monoisotopic (exact) mass is 304 g/mol. The zero-order valence-electron chi connectivity index (χ0n) is 13.3. The minimum atomic E-state index is -0.358. The van der Waals surface area contributed by atoms with Crippen LogP contribution in [0.1, 0.15) is 26.7 Å². The Morgan fingerprint density at radius 2 is 2.00 bits per heavy atom. The molecule has 0 spiro atoms. The molecule has 118 valence electrons. The number of carbonyl (C=O) groups excluding carboxylic acids is 1. The Labute approximate surface area is 127 Å². The Bertz CT molecular complexity index is 881. The summed E-state index contributed by atoms with van der Waals surface area (Å²) in [6.07, 6.45) is 2.98. The van der Waals surface area contributed by atoms with Crippen LogP contribution in [0, 0.1) is 11.3 Å². The fourth-order valence-electron chi connectivity index (χ4n) is 3.46. The van der Waals surface area contributed by atoms with E-state index in [9.17, 15) is 14.4 Å². The van der Waals surface area contributed by atoms with Crippen LogP contribution in [0.25, 0.3) is 11.2 Å². The van der Waals surface area contributed by atoms with Gasteiger partial charge < -0.3 is 4.57 Å². The zero-order chi connectivity index (χ0) is 16.2. The molecule has 0 amide bonds. The van der Waals surface area contributed by atoms with Crippen LogP contribution >= 0.6 is 0 Å². The molecule has 0 aliphatic heterocycles. The van der Waals surface area contributed by atoms with Crippen molar-refractivity contribution in [3.8, 4) is 0 Å². The largest absolute Gasteiger partial charge is 0.332 e. The van der Waals surface area contributed by atoms with Gasteiger partial charge in [-0.05, 0) is 25.2 Å². The Balaban J connectivity index is 2.05. The van der Waals surface area contributed by atoms with Gasteiger partial charge in [0.25, 0.3) is 5.56 Å². The van der Waals surface area contributed by atoms with E-state index < -0.39 is 0 Å². The molecule has 22 heavy (non-hydrogen) atoms. The second-order valence-electron chi connectivity index (χ2n) is 6.79. The summed E-state index contributed by atoms with van der Waals surface area (Å²) in [5.41, 5.74) is -0.0324. The molecule has 1 fully saturated rings. The third-order valence-electron chi connectivity index (χ3n) is 4.79. The number of fused-ring (bicyclic) bond motifs is 1. The number of hydrogen-bond donors (Lipinski definition) is 0. The molecule has 3 rings (SSSR count). The van der Waals surface area contributed by atoms with Crippen molar-refractivity contribution in [2.45, 2.75) is 33.2 Å². The lowest BCUT2D eigenvalue weighted by Gasteiger charge is -2.44. The van der Waals surface area contributed by atoms with Gasteiger partial charge in [0.1, 0.15) is 5.78 Å². The summed E-state index contributed by atoms with van der Waals surface area (Å²) in [6.45, 7) is 3.95. The fraction of sp³-hybridized carbons (Fsp3) is 0.600. The first-order chi connectivity index (χ1) is 10.2. The highest BCUT2D eigenvalue weighted by molar-refractivity contribution is 5.79. The van der Waals surface area contributed by atoms with Gasteiger partial charge in [-0.1, -0.05) is 6.92 Å². The van der Waals surface area contributed by atoms with Crippen LogP contribution in [0.4, 0.5) is 0 Å². The fourth-order valence-corrected chi connectivity index (χ4v) is 3.46. The van der Waals surface area contributed by atoms with Gasteiger partial charge in [-0.3, -0.25) is 18.7 Å². The van der Waals surface area contributed by atoms with Gasteiger partial charge in [0.05, 0.1) is 6.33 Å². The number of carbonyl (C=O) groups is 1. The molecule has 2 aromatic heterocycles. The number of Topliss-reactive ketones (excluding diaryl/α,β-unsaturated/α-hetero) is 1. The second kappa shape index (κ2) is 4.66. The first-order valence-corrected chi connectivity index (χ1v) is 7.35. The van der Waals surface area contributed by atoms with Crippen LogP contribution in [-0.2, 0) is 25.4 Å². The van der Waals surface area contributed by atoms with Crippen molar-refractivity contribution in [1.82, 2.24) is 18.7 Å². The number of imidazole rings is 1. The molecule has 0 unspecified atom stereocenters. The first kappa shape index (κ1) is 14.7. The van der Waals surface area contributed by atoms with Crippen LogP contribution in [-0.4, -0.2) is 24.5 Å². The molecular formula is C15H20N4O3. The van der Waals surface area contributed by atoms with Gasteiger partial charge >= 0.3 is 5.69 Å². The molecule has 1 aliphatic rings. The topological polar surface area (TPSA) is 78.9 Å². The van der Waals surface area contributed by atoms with Crippen molar-refractivity contribution in [2.24, 2.45) is 25.4 Å². The first-order valence-electron chi connectivity index (χ1n) is 7.35.